The maximum absolute atomic E-state index is 12.6. The second kappa shape index (κ2) is 7.53. The lowest BCUT2D eigenvalue weighted by Crippen LogP contribution is -2.41. The molecule has 0 aliphatic carbocycles. The highest BCUT2D eigenvalue weighted by Crippen LogP contribution is 2.22. The lowest BCUT2D eigenvalue weighted by molar-refractivity contribution is 0.0680. The number of benzene rings is 1. The quantitative estimate of drug-likeness (QED) is 0.809. The molecule has 0 spiro atoms. The van der Waals surface area contributed by atoms with E-state index >= 15 is 0 Å². The molecule has 19 heavy (non-hydrogen) atoms. The van der Waals surface area contributed by atoms with E-state index in [0.29, 0.717) is 12.1 Å². The lowest BCUT2D eigenvalue weighted by atomic mass is 10.1. The Bertz CT molecular complexity index is 430. The van der Waals surface area contributed by atoms with Gasteiger partial charge in [-0.05, 0) is 31.9 Å². The molecule has 4 heteroatoms. The van der Waals surface area contributed by atoms with Crippen molar-refractivity contribution in [1.82, 2.24) is 4.90 Å². The SMILES string of the molecule is CCC(CC)N(CCBr)C(=O)c1cc(C)ccc1O. The van der Waals surface area contributed by atoms with Gasteiger partial charge in [-0.25, -0.2) is 0 Å². The summed E-state index contributed by atoms with van der Waals surface area (Å²) in [5.41, 5.74) is 1.37. The number of aromatic hydroxyl groups is 1. The fourth-order valence-corrected chi connectivity index (χ4v) is 2.63. The van der Waals surface area contributed by atoms with Crippen molar-refractivity contribution in [1.29, 1.82) is 0 Å². The smallest absolute Gasteiger partial charge is 0.257 e. The third kappa shape index (κ3) is 3.96. The van der Waals surface area contributed by atoms with Gasteiger partial charge in [-0.3, -0.25) is 4.79 Å². The van der Waals surface area contributed by atoms with Gasteiger partial charge in [0, 0.05) is 17.9 Å². The van der Waals surface area contributed by atoms with Gasteiger partial charge in [-0.2, -0.15) is 0 Å². The Kier molecular flexibility index (Phi) is 6.35. The Labute approximate surface area is 123 Å². The van der Waals surface area contributed by atoms with Crippen molar-refractivity contribution in [3.8, 4) is 5.75 Å². The molecule has 0 radical (unpaired) electrons. The van der Waals surface area contributed by atoms with Gasteiger partial charge in [-0.1, -0.05) is 41.4 Å². The maximum atomic E-state index is 12.6. The minimum Gasteiger partial charge on any atom is -0.507 e. The summed E-state index contributed by atoms with van der Waals surface area (Å²) in [6.45, 7) is 6.73. The minimum atomic E-state index is -0.0886. The summed E-state index contributed by atoms with van der Waals surface area (Å²) in [6, 6.07) is 5.35. The normalized spacial score (nSPS) is 10.8. The molecule has 1 aromatic carbocycles. The molecule has 1 aromatic rings. The highest BCUT2D eigenvalue weighted by Gasteiger charge is 2.23. The van der Waals surface area contributed by atoms with Crippen LogP contribution in [0.2, 0.25) is 0 Å². The molecular formula is C15H22BrNO2. The van der Waals surface area contributed by atoms with Gasteiger partial charge < -0.3 is 10.0 Å². The van der Waals surface area contributed by atoms with E-state index < -0.39 is 0 Å². The fraction of sp³-hybridized carbons (Fsp3) is 0.533. The summed E-state index contributed by atoms with van der Waals surface area (Å²) in [7, 11) is 0. The van der Waals surface area contributed by atoms with Crippen LogP contribution in [-0.4, -0.2) is 33.8 Å². The topological polar surface area (TPSA) is 40.5 Å². The number of rotatable bonds is 6. The predicted molar refractivity (Wildman–Crippen MR) is 82.0 cm³/mol. The molecule has 0 aliphatic rings. The van der Waals surface area contributed by atoms with E-state index in [4.69, 9.17) is 0 Å². The average molecular weight is 328 g/mol. The molecule has 1 rings (SSSR count). The molecule has 1 N–H and O–H groups in total. The molecule has 0 aromatic heterocycles. The Hall–Kier alpha value is -1.03. The molecule has 0 saturated heterocycles. The molecule has 3 nitrogen and oxygen atoms in total. The van der Waals surface area contributed by atoms with Gasteiger partial charge in [-0.15, -0.1) is 0 Å². The molecule has 0 unspecified atom stereocenters. The summed E-state index contributed by atoms with van der Waals surface area (Å²) in [5.74, 6) is -0.0320. The molecule has 0 saturated carbocycles. The molecule has 0 aliphatic heterocycles. The van der Waals surface area contributed by atoms with Crippen LogP contribution in [-0.2, 0) is 0 Å². The lowest BCUT2D eigenvalue weighted by Gasteiger charge is -2.30. The average Bonchev–Trinajstić information content (AvgIpc) is 2.41. The summed E-state index contributed by atoms with van der Waals surface area (Å²) >= 11 is 3.39. The number of hydrogen-bond acceptors (Lipinski definition) is 2. The van der Waals surface area contributed by atoms with Gasteiger partial charge in [0.05, 0.1) is 5.56 Å². The summed E-state index contributed by atoms with van der Waals surface area (Å²) in [4.78, 5) is 14.5. The van der Waals surface area contributed by atoms with Crippen molar-refractivity contribution < 1.29 is 9.90 Å². The van der Waals surface area contributed by atoms with Crippen molar-refractivity contribution in [2.24, 2.45) is 0 Å². The number of alkyl halides is 1. The van der Waals surface area contributed by atoms with Crippen LogP contribution in [0.5, 0.6) is 5.75 Å². The van der Waals surface area contributed by atoms with Crippen molar-refractivity contribution in [3.05, 3.63) is 29.3 Å². The zero-order valence-corrected chi connectivity index (χ0v) is 13.4. The van der Waals surface area contributed by atoms with Crippen molar-refractivity contribution in [2.75, 3.05) is 11.9 Å². The fourth-order valence-electron chi connectivity index (χ4n) is 2.25. The second-order valence-corrected chi connectivity index (χ2v) is 5.47. The van der Waals surface area contributed by atoms with Crippen molar-refractivity contribution in [2.45, 2.75) is 39.7 Å². The van der Waals surface area contributed by atoms with Gasteiger partial charge in [0.1, 0.15) is 5.75 Å². The van der Waals surface area contributed by atoms with E-state index in [0.717, 1.165) is 23.7 Å². The summed E-state index contributed by atoms with van der Waals surface area (Å²) in [6.07, 6.45) is 1.84. The molecule has 0 fully saturated rings. The van der Waals surface area contributed by atoms with Crippen LogP contribution in [0.25, 0.3) is 0 Å². The minimum absolute atomic E-state index is 0.0566. The molecular weight excluding hydrogens is 306 g/mol. The van der Waals surface area contributed by atoms with E-state index in [1.165, 1.54) is 0 Å². The monoisotopic (exact) mass is 327 g/mol. The number of carbonyl (C=O) groups excluding carboxylic acids is 1. The van der Waals surface area contributed by atoms with Crippen LogP contribution in [0, 0.1) is 6.92 Å². The number of halogens is 1. The van der Waals surface area contributed by atoms with Crippen LogP contribution in [0.1, 0.15) is 42.6 Å². The van der Waals surface area contributed by atoms with Crippen molar-refractivity contribution >= 4 is 21.8 Å². The van der Waals surface area contributed by atoms with E-state index in [1.54, 1.807) is 18.2 Å². The number of aryl methyl sites for hydroxylation is 1. The highest BCUT2D eigenvalue weighted by molar-refractivity contribution is 9.09. The number of phenols is 1. The first-order valence-corrected chi connectivity index (χ1v) is 7.83. The van der Waals surface area contributed by atoms with E-state index in [1.807, 2.05) is 11.8 Å². The molecule has 106 valence electrons. The standard InChI is InChI=1S/C15H22BrNO2/c1-4-12(5-2)17(9-8-16)15(19)13-10-11(3)6-7-14(13)18/h6-7,10,12,18H,4-5,8-9H2,1-3H3. The first kappa shape index (κ1) is 16.0. The Morgan fingerprint density at radius 3 is 2.53 bits per heavy atom. The van der Waals surface area contributed by atoms with E-state index in [2.05, 4.69) is 29.8 Å². The summed E-state index contributed by atoms with van der Waals surface area (Å²) < 4.78 is 0. The zero-order valence-electron chi connectivity index (χ0n) is 11.8. The van der Waals surface area contributed by atoms with Crippen LogP contribution in [0.3, 0.4) is 0 Å². The third-order valence-electron chi connectivity index (χ3n) is 3.35. The van der Waals surface area contributed by atoms with Gasteiger partial charge >= 0.3 is 0 Å². The first-order chi connectivity index (χ1) is 9.04. The van der Waals surface area contributed by atoms with Gasteiger partial charge in [0.15, 0.2) is 0 Å². The Morgan fingerprint density at radius 1 is 1.37 bits per heavy atom. The number of carbonyl (C=O) groups is 1. The number of nitrogens with zero attached hydrogens (tertiary/aromatic N) is 1. The van der Waals surface area contributed by atoms with Crippen molar-refractivity contribution in [3.63, 3.8) is 0 Å². The predicted octanol–water partition coefficient (Wildman–Crippen LogP) is 3.73. The van der Waals surface area contributed by atoms with Gasteiger partial charge in [0.25, 0.3) is 5.91 Å². The Morgan fingerprint density at radius 2 is 2.00 bits per heavy atom. The number of hydrogen-bond donors (Lipinski definition) is 1. The third-order valence-corrected chi connectivity index (χ3v) is 3.71. The molecule has 0 heterocycles. The Balaban J connectivity index is 3.08. The number of amides is 1. The van der Waals surface area contributed by atoms with Crippen LogP contribution in [0.4, 0.5) is 0 Å². The molecule has 0 bridgehead atoms. The highest BCUT2D eigenvalue weighted by atomic mass is 79.9. The summed E-state index contributed by atoms with van der Waals surface area (Å²) in [5, 5.41) is 10.6. The maximum Gasteiger partial charge on any atom is 0.257 e. The first-order valence-electron chi connectivity index (χ1n) is 6.71. The van der Waals surface area contributed by atoms with Gasteiger partial charge in [0.2, 0.25) is 0 Å². The van der Waals surface area contributed by atoms with Crippen LogP contribution < -0.4 is 0 Å². The zero-order chi connectivity index (χ0) is 14.4. The second-order valence-electron chi connectivity index (χ2n) is 4.68. The van der Waals surface area contributed by atoms with E-state index in [-0.39, 0.29) is 17.7 Å². The van der Waals surface area contributed by atoms with Crippen LogP contribution in [0.15, 0.2) is 18.2 Å². The molecule has 0 atom stereocenters. The number of phenolic OH excluding ortho intramolecular Hbond substituents is 1. The van der Waals surface area contributed by atoms with Crippen LogP contribution >= 0.6 is 15.9 Å². The van der Waals surface area contributed by atoms with E-state index in [9.17, 15) is 9.90 Å². The molecule has 1 amide bonds. The largest absolute Gasteiger partial charge is 0.507 e.